The van der Waals surface area contributed by atoms with Gasteiger partial charge in [0.25, 0.3) is 0 Å². The molecule has 0 aliphatic rings. The van der Waals surface area contributed by atoms with Crippen LogP contribution in [0.5, 0.6) is 0 Å². The van der Waals surface area contributed by atoms with Crippen LogP contribution in [0.3, 0.4) is 0 Å². The molecule has 1 rings (SSSR count). The van der Waals surface area contributed by atoms with Crippen molar-refractivity contribution in [2.45, 2.75) is 20.3 Å². The molecule has 0 heterocycles. The van der Waals surface area contributed by atoms with Crippen molar-refractivity contribution in [2.75, 3.05) is 37.7 Å². The van der Waals surface area contributed by atoms with Crippen molar-refractivity contribution in [3.63, 3.8) is 0 Å². The van der Waals surface area contributed by atoms with Crippen LogP contribution in [0.1, 0.15) is 20.3 Å². The molecular weight excluding hydrogens is 243 g/mol. The van der Waals surface area contributed by atoms with E-state index in [1.54, 1.807) is 12.1 Å². The average Bonchev–Trinajstić information content (AvgIpc) is 2.39. The van der Waals surface area contributed by atoms with Gasteiger partial charge < -0.3 is 15.4 Å². The highest BCUT2D eigenvalue weighted by atomic mass is 19.1. The Labute approximate surface area is 115 Å². The molecule has 0 aromatic heterocycles. The maximum absolute atomic E-state index is 13.8. The van der Waals surface area contributed by atoms with Crippen LogP contribution in [0.15, 0.2) is 24.3 Å². The molecule has 0 aliphatic heterocycles. The highest BCUT2D eigenvalue weighted by molar-refractivity contribution is 5.47. The number of nitrogens with zero attached hydrogens (tertiary/aromatic N) is 1. The number of hydrogen-bond acceptors (Lipinski definition) is 3. The zero-order valence-electron chi connectivity index (χ0n) is 11.9. The summed E-state index contributed by atoms with van der Waals surface area (Å²) in [7, 11) is 0. The van der Waals surface area contributed by atoms with E-state index in [4.69, 9.17) is 10.5 Å². The van der Waals surface area contributed by atoms with Crippen LogP contribution in [0.4, 0.5) is 10.1 Å². The molecule has 2 N–H and O–H groups in total. The van der Waals surface area contributed by atoms with E-state index >= 15 is 0 Å². The smallest absolute Gasteiger partial charge is 0.146 e. The normalized spacial score (nSPS) is 11.0. The van der Waals surface area contributed by atoms with E-state index in [2.05, 4.69) is 13.8 Å². The number of ether oxygens (including phenoxy) is 1. The molecule has 0 radical (unpaired) electrons. The second kappa shape index (κ2) is 8.88. The van der Waals surface area contributed by atoms with E-state index in [0.29, 0.717) is 31.3 Å². The van der Waals surface area contributed by atoms with E-state index in [9.17, 15) is 4.39 Å². The summed E-state index contributed by atoms with van der Waals surface area (Å²) in [5.41, 5.74) is 6.16. The Morgan fingerprint density at radius 2 is 2.00 bits per heavy atom. The van der Waals surface area contributed by atoms with Gasteiger partial charge in [0.2, 0.25) is 0 Å². The van der Waals surface area contributed by atoms with Crippen LogP contribution in [-0.2, 0) is 4.74 Å². The Balaban J connectivity index is 2.54. The minimum atomic E-state index is -0.191. The Bertz CT molecular complexity index is 358. The van der Waals surface area contributed by atoms with Crippen molar-refractivity contribution in [2.24, 2.45) is 11.7 Å². The Kier molecular flexibility index (Phi) is 7.45. The van der Waals surface area contributed by atoms with E-state index < -0.39 is 0 Å². The van der Waals surface area contributed by atoms with Crippen LogP contribution in [0.25, 0.3) is 0 Å². The van der Waals surface area contributed by atoms with Crippen molar-refractivity contribution in [1.82, 2.24) is 0 Å². The van der Waals surface area contributed by atoms with Crippen molar-refractivity contribution < 1.29 is 9.13 Å². The quantitative estimate of drug-likeness (QED) is 0.700. The van der Waals surface area contributed by atoms with Gasteiger partial charge in [-0.1, -0.05) is 26.0 Å². The summed E-state index contributed by atoms with van der Waals surface area (Å²) in [5, 5.41) is 0. The first kappa shape index (κ1) is 15.9. The standard InChI is InChI=1S/C15H25FN2O/c1-13(2)12-19-11-10-18(9-5-8-17)15-7-4-3-6-14(15)16/h3-4,6-7,13H,5,8-12,17H2,1-2H3. The molecule has 0 bridgehead atoms. The minimum Gasteiger partial charge on any atom is -0.379 e. The van der Waals surface area contributed by atoms with Gasteiger partial charge in [0, 0.05) is 19.7 Å². The molecular formula is C15H25FN2O. The van der Waals surface area contributed by atoms with Gasteiger partial charge in [-0.2, -0.15) is 0 Å². The van der Waals surface area contributed by atoms with Gasteiger partial charge in [-0.25, -0.2) is 4.39 Å². The average molecular weight is 268 g/mol. The molecule has 108 valence electrons. The summed E-state index contributed by atoms with van der Waals surface area (Å²) < 4.78 is 19.4. The molecule has 1 aromatic carbocycles. The zero-order chi connectivity index (χ0) is 14.1. The third-order valence-corrected chi connectivity index (χ3v) is 2.78. The fourth-order valence-corrected chi connectivity index (χ4v) is 1.84. The van der Waals surface area contributed by atoms with Crippen LogP contribution < -0.4 is 10.6 Å². The van der Waals surface area contributed by atoms with Gasteiger partial charge >= 0.3 is 0 Å². The molecule has 1 aromatic rings. The monoisotopic (exact) mass is 268 g/mol. The number of para-hydroxylation sites is 1. The molecule has 0 spiro atoms. The molecule has 0 unspecified atom stereocenters. The lowest BCUT2D eigenvalue weighted by Crippen LogP contribution is -2.30. The topological polar surface area (TPSA) is 38.5 Å². The maximum atomic E-state index is 13.8. The van der Waals surface area contributed by atoms with Gasteiger partial charge in [0.15, 0.2) is 0 Å². The molecule has 4 heteroatoms. The first-order chi connectivity index (χ1) is 9.15. The number of halogens is 1. The van der Waals surface area contributed by atoms with Crippen molar-refractivity contribution in [3.8, 4) is 0 Å². The van der Waals surface area contributed by atoms with Gasteiger partial charge in [0.05, 0.1) is 12.3 Å². The van der Waals surface area contributed by atoms with Crippen molar-refractivity contribution in [3.05, 3.63) is 30.1 Å². The van der Waals surface area contributed by atoms with Crippen LogP contribution in [0, 0.1) is 11.7 Å². The largest absolute Gasteiger partial charge is 0.379 e. The molecule has 0 saturated carbocycles. The number of hydrogen-bond donors (Lipinski definition) is 1. The Morgan fingerprint density at radius 1 is 1.26 bits per heavy atom. The SMILES string of the molecule is CC(C)COCCN(CCCN)c1ccccc1F. The van der Waals surface area contributed by atoms with Crippen molar-refractivity contribution >= 4 is 5.69 Å². The molecule has 0 amide bonds. The Morgan fingerprint density at radius 3 is 2.63 bits per heavy atom. The second-order valence-corrected chi connectivity index (χ2v) is 5.05. The first-order valence-electron chi connectivity index (χ1n) is 6.92. The summed E-state index contributed by atoms with van der Waals surface area (Å²) >= 11 is 0. The minimum absolute atomic E-state index is 0.191. The second-order valence-electron chi connectivity index (χ2n) is 5.05. The van der Waals surface area contributed by atoms with E-state index in [1.165, 1.54) is 6.07 Å². The highest BCUT2D eigenvalue weighted by Crippen LogP contribution is 2.18. The summed E-state index contributed by atoms with van der Waals surface area (Å²) in [5.74, 6) is 0.328. The van der Waals surface area contributed by atoms with Crippen LogP contribution in [0.2, 0.25) is 0 Å². The lowest BCUT2D eigenvalue weighted by atomic mass is 10.2. The van der Waals surface area contributed by atoms with Gasteiger partial charge in [-0.15, -0.1) is 0 Å². The summed E-state index contributed by atoms with van der Waals surface area (Å²) in [4.78, 5) is 2.00. The molecule has 0 aliphatic carbocycles. The van der Waals surface area contributed by atoms with Gasteiger partial charge in [0.1, 0.15) is 5.82 Å². The zero-order valence-corrected chi connectivity index (χ0v) is 11.9. The molecule has 0 saturated heterocycles. The summed E-state index contributed by atoms with van der Waals surface area (Å²) in [6.07, 6.45) is 0.846. The van der Waals surface area contributed by atoms with Crippen molar-refractivity contribution in [1.29, 1.82) is 0 Å². The summed E-state index contributed by atoms with van der Waals surface area (Å²) in [6.45, 7) is 7.62. The lowest BCUT2D eigenvalue weighted by molar-refractivity contribution is 0.115. The van der Waals surface area contributed by atoms with E-state index in [1.807, 2.05) is 11.0 Å². The van der Waals surface area contributed by atoms with E-state index in [0.717, 1.165) is 19.6 Å². The highest BCUT2D eigenvalue weighted by Gasteiger charge is 2.10. The number of anilines is 1. The third kappa shape index (κ3) is 6.03. The number of rotatable bonds is 9. The van der Waals surface area contributed by atoms with Gasteiger partial charge in [-0.05, 0) is 31.0 Å². The number of benzene rings is 1. The lowest BCUT2D eigenvalue weighted by Gasteiger charge is -2.25. The van der Waals surface area contributed by atoms with Crippen LogP contribution in [-0.4, -0.2) is 32.8 Å². The Hall–Kier alpha value is -1.13. The molecule has 19 heavy (non-hydrogen) atoms. The predicted molar refractivity (Wildman–Crippen MR) is 77.9 cm³/mol. The maximum Gasteiger partial charge on any atom is 0.146 e. The molecule has 0 atom stereocenters. The van der Waals surface area contributed by atoms with Crippen LogP contribution >= 0.6 is 0 Å². The van der Waals surface area contributed by atoms with Gasteiger partial charge in [-0.3, -0.25) is 0 Å². The molecule has 0 fully saturated rings. The number of nitrogens with two attached hydrogens (primary N) is 1. The predicted octanol–water partition coefficient (Wildman–Crippen LogP) is 2.65. The fourth-order valence-electron chi connectivity index (χ4n) is 1.84. The third-order valence-electron chi connectivity index (χ3n) is 2.78. The fraction of sp³-hybridized carbons (Fsp3) is 0.600. The molecule has 3 nitrogen and oxygen atoms in total. The van der Waals surface area contributed by atoms with E-state index in [-0.39, 0.29) is 5.82 Å². The first-order valence-corrected chi connectivity index (χ1v) is 6.92. The summed E-state index contributed by atoms with van der Waals surface area (Å²) in [6, 6.07) is 6.84.